The molecule has 0 radical (unpaired) electrons. The molecule has 1 unspecified atom stereocenters. The zero-order valence-corrected chi connectivity index (χ0v) is 5.30. The van der Waals surface area contributed by atoms with Gasteiger partial charge in [0.25, 0.3) is 0 Å². The van der Waals surface area contributed by atoms with Crippen LogP contribution >= 0.6 is 6.42 Å². The lowest BCUT2D eigenvalue weighted by Crippen LogP contribution is -1.92. The Bertz CT molecular complexity index is 77.6. The van der Waals surface area contributed by atoms with Crippen LogP contribution in [0.3, 0.4) is 0 Å². The molecule has 0 fully saturated rings. The molecule has 4 heteroatoms. The topological polar surface area (TPSA) is 46.2 Å². The first-order valence-corrected chi connectivity index (χ1v) is 4.67. The van der Waals surface area contributed by atoms with E-state index < -0.39 is 6.42 Å². The summed E-state index contributed by atoms with van der Waals surface area (Å²) in [7, 11) is 0. The lowest BCUT2D eigenvalue weighted by Gasteiger charge is -2.00. The highest BCUT2D eigenvalue weighted by molar-refractivity contribution is 8.10. The van der Waals surface area contributed by atoms with Crippen molar-refractivity contribution in [2.24, 2.45) is 5.50 Å². The maximum absolute atomic E-state index is 8.53. The maximum atomic E-state index is 8.53. The number of hydrogen-bond donors (Lipinski definition) is 2. The Morgan fingerprint density at radius 3 is 2.17 bits per heavy atom. The first-order valence-electron chi connectivity index (χ1n) is 1.66. The van der Waals surface area contributed by atoms with Gasteiger partial charge in [-0.15, -0.1) is 0 Å². The minimum atomic E-state index is -2.31. The van der Waals surface area contributed by atoms with Gasteiger partial charge >= 0.3 is 0 Å². The summed E-state index contributed by atoms with van der Waals surface area (Å²) in [6.45, 7) is 1.78. The molecule has 1 atom stereocenters. The number of nitrogens with two attached hydrogens (primary N) is 1. The van der Waals surface area contributed by atoms with Gasteiger partial charge < -0.3 is 4.89 Å². The third-order valence-corrected chi connectivity index (χ3v) is 2.13. The predicted molar refractivity (Wildman–Crippen MR) is 31.2 cm³/mol. The second-order valence-electron chi connectivity index (χ2n) is 1.07. The Hall–Kier alpha value is 0.570. The van der Waals surface area contributed by atoms with Gasteiger partial charge in [0.1, 0.15) is 6.42 Å². The molecule has 0 saturated carbocycles. The zero-order chi connectivity index (χ0) is 5.21. The zero-order valence-electron chi connectivity index (χ0n) is 3.59. The Balaban J connectivity index is 3.48. The summed E-state index contributed by atoms with van der Waals surface area (Å²) in [6.07, 6.45) is -1.78. The van der Waals surface area contributed by atoms with Crippen molar-refractivity contribution >= 4 is 18.2 Å². The van der Waals surface area contributed by atoms with Crippen molar-refractivity contribution in [3.05, 3.63) is 0 Å². The van der Waals surface area contributed by atoms with E-state index in [1.54, 1.807) is 6.92 Å². The highest BCUT2D eigenvalue weighted by Crippen LogP contribution is 2.27. The first kappa shape index (κ1) is 6.57. The summed E-state index contributed by atoms with van der Waals surface area (Å²) in [5.41, 5.74) is 5.02. The van der Waals surface area contributed by atoms with Gasteiger partial charge in [-0.2, -0.15) is 0 Å². The quantitative estimate of drug-likeness (QED) is 0.494. The average molecular weight is 125 g/mol. The molecule has 0 aromatic heterocycles. The highest BCUT2D eigenvalue weighted by atomic mass is 32.4. The molecule has 0 saturated heterocycles. The van der Waals surface area contributed by atoms with Crippen molar-refractivity contribution in [3.8, 4) is 0 Å². The van der Waals surface area contributed by atoms with Gasteiger partial charge in [-0.05, 0) is 0 Å². The van der Waals surface area contributed by atoms with Gasteiger partial charge in [-0.1, -0.05) is 18.7 Å². The second kappa shape index (κ2) is 2.03. The molecule has 0 aromatic carbocycles. The molecule has 0 aliphatic rings. The molecule has 38 valence electrons. The summed E-state index contributed by atoms with van der Waals surface area (Å²) >= 11 is 4.43. The predicted octanol–water partition coefficient (Wildman–Crippen LogP) is 0.267. The summed E-state index contributed by atoms with van der Waals surface area (Å²) in [5.74, 6) is 0. The molecule has 0 aliphatic carbocycles. The van der Waals surface area contributed by atoms with E-state index in [1.165, 1.54) is 0 Å². The minimum Gasteiger partial charge on any atom is -0.354 e. The maximum Gasteiger partial charge on any atom is 0.123 e. The smallest absolute Gasteiger partial charge is 0.123 e. The van der Waals surface area contributed by atoms with Crippen molar-refractivity contribution in [1.82, 2.24) is 0 Å². The SMILES string of the molecule is CCP(N)(O)=S. The Morgan fingerprint density at radius 2 is 2.17 bits per heavy atom. The van der Waals surface area contributed by atoms with Crippen LogP contribution in [-0.4, -0.2) is 11.1 Å². The standard InChI is InChI=1S/C2H8NOPS/c1-2-5(3,4)6/h2H2,1H3,(H3,3,4,6). The van der Waals surface area contributed by atoms with Crippen LogP contribution in [0.5, 0.6) is 0 Å². The van der Waals surface area contributed by atoms with Crippen LogP contribution in [0.4, 0.5) is 0 Å². The van der Waals surface area contributed by atoms with E-state index in [-0.39, 0.29) is 0 Å². The Labute approximate surface area is 42.5 Å². The first-order chi connectivity index (χ1) is 2.56. The lowest BCUT2D eigenvalue weighted by molar-refractivity contribution is 0.624. The molecule has 0 amide bonds. The molecule has 6 heavy (non-hydrogen) atoms. The van der Waals surface area contributed by atoms with Gasteiger partial charge in [0.2, 0.25) is 0 Å². The molecule has 0 bridgehead atoms. The third kappa shape index (κ3) is 4.57. The normalized spacial score (nSPS) is 19.8. The van der Waals surface area contributed by atoms with Crippen molar-refractivity contribution < 1.29 is 4.89 Å². The second-order valence-corrected chi connectivity index (χ2v) is 5.11. The van der Waals surface area contributed by atoms with E-state index in [9.17, 15) is 0 Å². The summed E-state index contributed by atoms with van der Waals surface area (Å²) in [6, 6.07) is 0. The van der Waals surface area contributed by atoms with Crippen LogP contribution in [0, 0.1) is 0 Å². The fraction of sp³-hybridized carbons (Fsp3) is 1.00. The molecule has 3 N–H and O–H groups in total. The van der Waals surface area contributed by atoms with Crippen molar-refractivity contribution in [2.45, 2.75) is 6.92 Å². The van der Waals surface area contributed by atoms with Crippen LogP contribution in [0.2, 0.25) is 0 Å². The van der Waals surface area contributed by atoms with Crippen LogP contribution in [0.15, 0.2) is 0 Å². The molecule has 0 heterocycles. The van der Waals surface area contributed by atoms with E-state index in [1.807, 2.05) is 0 Å². The van der Waals surface area contributed by atoms with Gasteiger partial charge in [0.05, 0.1) is 0 Å². The molecular weight excluding hydrogens is 117 g/mol. The van der Waals surface area contributed by atoms with Gasteiger partial charge in [0.15, 0.2) is 0 Å². The van der Waals surface area contributed by atoms with Crippen LogP contribution < -0.4 is 5.50 Å². The summed E-state index contributed by atoms with van der Waals surface area (Å²) in [4.78, 5) is 8.53. The fourth-order valence-electron chi connectivity index (χ4n) is 0. The molecule has 0 aromatic rings. The molecule has 0 spiro atoms. The summed E-state index contributed by atoms with van der Waals surface area (Å²) < 4.78 is 0. The monoisotopic (exact) mass is 125 g/mol. The molecule has 0 aliphatic heterocycles. The van der Waals surface area contributed by atoms with Gasteiger partial charge in [0, 0.05) is 6.16 Å². The third-order valence-electron chi connectivity index (χ3n) is 0.453. The van der Waals surface area contributed by atoms with E-state index in [0.29, 0.717) is 6.16 Å². The van der Waals surface area contributed by atoms with Crippen LogP contribution in [-0.2, 0) is 11.8 Å². The number of rotatable bonds is 1. The molecular formula is C2H8NOPS. The minimum absolute atomic E-state index is 0.530. The van der Waals surface area contributed by atoms with E-state index in [4.69, 9.17) is 10.4 Å². The van der Waals surface area contributed by atoms with Crippen molar-refractivity contribution in [1.29, 1.82) is 0 Å². The average Bonchev–Trinajstić information content (AvgIpc) is 1.35. The number of hydrogen-bond acceptors (Lipinski definition) is 1. The van der Waals surface area contributed by atoms with E-state index in [0.717, 1.165) is 0 Å². The van der Waals surface area contributed by atoms with Gasteiger partial charge in [-0.3, -0.25) is 5.50 Å². The lowest BCUT2D eigenvalue weighted by atomic mass is 11.0. The summed E-state index contributed by atoms with van der Waals surface area (Å²) in [5, 5.41) is 0. The Morgan fingerprint density at radius 1 is 2.00 bits per heavy atom. The van der Waals surface area contributed by atoms with E-state index >= 15 is 0 Å². The van der Waals surface area contributed by atoms with Crippen molar-refractivity contribution in [3.63, 3.8) is 0 Å². The largest absolute Gasteiger partial charge is 0.354 e. The van der Waals surface area contributed by atoms with Crippen molar-refractivity contribution in [2.75, 3.05) is 6.16 Å². The van der Waals surface area contributed by atoms with E-state index in [2.05, 4.69) is 11.8 Å². The fourth-order valence-corrected chi connectivity index (χ4v) is 0. The molecule has 0 rings (SSSR count). The van der Waals surface area contributed by atoms with Crippen LogP contribution in [0.1, 0.15) is 6.92 Å². The Kier molecular flexibility index (Phi) is 2.22. The highest BCUT2D eigenvalue weighted by Gasteiger charge is 1.95. The molecule has 2 nitrogen and oxygen atoms in total. The van der Waals surface area contributed by atoms with Crippen LogP contribution in [0.25, 0.3) is 0 Å². The van der Waals surface area contributed by atoms with Gasteiger partial charge in [-0.25, -0.2) is 0 Å².